The molecule has 3 aromatic carbocycles. The van der Waals surface area contributed by atoms with E-state index in [0.29, 0.717) is 0 Å². The van der Waals surface area contributed by atoms with Crippen LogP contribution in [-0.2, 0) is 7.05 Å². The quantitative estimate of drug-likeness (QED) is 0.233. The van der Waals surface area contributed by atoms with Crippen LogP contribution in [0.2, 0.25) is 5.02 Å². The lowest BCUT2D eigenvalue weighted by Crippen LogP contribution is -2.28. The lowest BCUT2D eigenvalue weighted by Gasteiger charge is -2.13. The van der Waals surface area contributed by atoms with Crippen molar-refractivity contribution in [3.63, 3.8) is 0 Å². The van der Waals surface area contributed by atoms with Gasteiger partial charge in [0.1, 0.15) is 7.05 Å². The van der Waals surface area contributed by atoms with Gasteiger partial charge in [-0.05, 0) is 47.5 Å². The van der Waals surface area contributed by atoms with Crippen molar-refractivity contribution in [1.82, 2.24) is 0 Å². The molecule has 1 aliphatic heterocycles. The molecule has 2 heterocycles. The van der Waals surface area contributed by atoms with E-state index in [1.165, 1.54) is 32.0 Å². The van der Waals surface area contributed by atoms with Crippen molar-refractivity contribution in [2.75, 3.05) is 11.9 Å². The molecule has 1 aliphatic rings. The van der Waals surface area contributed by atoms with Crippen LogP contribution in [0, 0.1) is 0 Å². The highest BCUT2D eigenvalue weighted by Crippen LogP contribution is 2.48. The van der Waals surface area contributed by atoms with Gasteiger partial charge in [0.25, 0.3) is 0 Å². The summed E-state index contributed by atoms with van der Waals surface area (Å²) in [7, 11) is 4.19. The van der Waals surface area contributed by atoms with Crippen molar-refractivity contribution < 1.29 is 4.57 Å². The Bertz CT molecular complexity index is 1450. The molecule has 2 nitrogen and oxygen atoms in total. The van der Waals surface area contributed by atoms with Crippen LogP contribution >= 0.6 is 23.4 Å². The van der Waals surface area contributed by atoms with Gasteiger partial charge in [-0.25, -0.2) is 4.57 Å². The zero-order valence-electron chi connectivity index (χ0n) is 18.3. The molecule has 0 N–H and O–H groups in total. The molecule has 0 bridgehead atoms. The Kier molecular flexibility index (Phi) is 5.54. The van der Waals surface area contributed by atoms with Gasteiger partial charge in [0.05, 0.1) is 16.1 Å². The Morgan fingerprint density at radius 1 is 1.03 bits per heavy atom. The number of aromatic nitrogens is 1. The van der Waals surface area contributed by atoms with Gasteiger partial charge in [0, 0.05) is 29.1 Å². The number of hydrogen-bond acceptors (Lipinski definition) is 2. The number of thioether (sulfide) groups is 1. The molecule has 0 radical (unpaired) electrons. The van der Waals surface area contributed by atoms with E-state index in [0.717, 1.165) is 21.5 Å². The lowest BCUT2D eigenvalue weighted by molar-refractivity contribution is -0.644. The van der Waals surface area contributed by atoms with Crippen LogP contribution in [0.25, 0.3) is 27.8 Å². The molecule has 5 rings (SSSR count). The average molecular weight is 456 g/mol. The molecule has 1 aromatic heterocycles. The summed E-state index contributed by atoms with van der Waals surface area (Å²) >= 11 is 8.09. The number of nitrogens with zero attached hydrogens (tertiary/aromatic N) is 2. The summed E-state index contributed by atoms with van der Waals surface area (Å²) < 4.78 is 2.12. The summed E-state index contributed by atoms with van der Waals surface area (Å²) in [5.41, 5.74) is 4.78. The van der Waals surface area contributed by atoms with Crippen molar-refractivity contribution in [3.05, 3.63) is 106 Å². The maximum absolute atomic E-state index is 6.26. The summed E-state index contributed by atoms with van der Waals surface area (Å²) in [6, 6.07) is 21.2. The molecule has 0 saturated carbocycles. The van der Waals surface area contributed by atoms with Crippen LogP contribution < -0.4 is 9.47 Å². The van der Waals surface area contributed by atoms with Crippen molar-refractivity contribution in [1.29, 1.82) is 0 Å². The first-order chi connectivity index (χ1) is 15.5. The number of hydrogen-bond donors (Lipinski definition) is 0. The number of allylic oxidation sites excluding steroid dienone is 4. The molecule has 0 spiro atoms. The summed E-state index contributed by atoms with van der Waals surface area (Å²) in [5.74, 6) is 0. The van der Waals surface area contributed by atoms with Gasteiger partial charge < -0.3 is 4.90 Å². The maximum atomic E-state index is 6.26. The van der Waals surface area contributed by atoms with Crippen LogP contribution in [0.3, 0.4) is 0 Å². The van der Waals surface area contributed by atoms with E-state index < -0.39 is 0 Å². The first kappa shape index (κ1) is 20.9. The first-order valence-corrected chi connectivity index (χ1v) is 11.8. The highest BCUT2D eigenvalue weighted by atomic mass is 35.5. The Morgan fingerprint density at radius 3 is 2.75 bits per heavy atom. The average Bonchev–Trinajstić information content (AvgIpc) is 3.13. The van der Waals surface area contributed by atoms with E-state index in [-0.39, 0.29) is 0 Å². The number of halogens is 1. The summed E-state index contributed by atoms with van der Waals surface area (Å²) in [6.45, 7) is 2.13. The zero-order chi connectivity index (χ0) is 22.2. The van der Waals surface area contributed by atoms with Crippen molar-refractivity contribution in [3.8, 4) is 0 Å². The molecule has 0 atom stereocenters. The molecular formula is C28H24ClN2S+. The molecule has 32 heavy (non-hydrogen) atoms. The van der Waals surface area contributed by atoms with Gasteiger partial charge in [-0.1, -0.05) is 77.5 Å². The molecule has 158 valence electrons. The number of pyridine rings is 1. The summed E-state index contributed by atoms with van der Waals surface area (Å²) in [6.07, 6.45) is 10.8. The SMILES string of the molecule is CC(C=Cc1cc[n+](C)c2ccc(Cl)cc12)=CC=C1Sc2c(ccc3ccccc23)N1C. The minimum Gasteiger partial charge on any atom is -0.338 e. The van der Waals surface area contributed by atoms with E-state index >= 15 is 0 Å². The number of fused-ring (bicyclic) bond motifs is 4. The molecule has 0 unspecified atom stereocenters. The van der Waals surface area contributed by atoms with Crippen molar-refractivity contribution in [2.45, 2.75) is 11.8 Å². The van der Waals surface area contributed by atoms with Crippen LogP contribution in [0.4, 0.5) is 5.69 Å². The van der Waals surface area contributed by atoms with Crippen molar-refractivity contribution in [2.24, 2.45) is 7.05 Å². The third kappa shape index (κ3) is 3.83. The Morgan fingerprint density at radius 2 is 1.88 bits per heavy atom. The summed E-state index contributed by atoms with van der Waals surface area (Å²) in [4.78, 5) is 3.60. The van der Waals surface area contributed by atoms with Crippen LogP contribution in [0.5, 0.6) is 0 Å². The third-order valence-corrected chi connectivity index (χ3v) is 7.39. The van der Waals surface area contributed by atoms with Gasteiger partial charge in [-0.2, -0.15) is 0 Å². The van der Waals surface area contributed by atoms with Gasteiger partial charge in [0.2, 0.25) is 5.52 Å². The fourth-order valence-electron chi connectivity index (χ4n) is 4.07. The predicted molar refractivity (Wildman–Crippen MR) is 139 cm³/mol. The number of benzene rings is 3. The molecule has 4 heteroatoms. The predicted octanol–water partition coefficient (Wildman–Crippen LogP) is 7.51. The minimum atomic E-state index is 0.753. The number of rotatable bonds is 3. The van der Waals surface area contributed by atoms with E-state index in [1.807, 2.05) is 23.9 Å². The first-order valence-electron chi connectivity index (χ1n) is 10.6. The second kappa shape index (κ2) is 8.50. The van der Waals surface area contributed by atoms with Gasteiger partial charge in [-0.3, -0.25) is 0 Å². The van der Waals surface area contributed by atoms with Crippen molar-refractivity contribution >= 4 is 56.8 Å². The van der Waals surface area contributed by atoms with E-state index in [4.69, 9.17) is 11.6 Å². The molecular weight excluding hydrogens is 432 g/mol. The van der Waals surface area contributed by atoms with Crippen LogP contribution in [0.1, 0.15) is 12.5 Å². The molecule has 0 amide bonds. The van der Waals surface area contributed by atoms with E-state index in [9.17, 15) is 0 Å². The topological polar surface area (TPSA) is 7.12 Å². The summed E-state index contributed by atoms with van der Waals surface area (Å²) in [5, 5.41) is 5.73. The number of aryl methyl sites for hydroxylation is 1. The van der Waals surface area contributed by atoms with Gasteiger partial charge in [0.15, 0.2) is 6.20 Å². The Balaban J connectivity index is 1.42. The van der Waals surface area contributed by atoms with Crippen LogP contribution in [0.15, 0.2) is 101 Å². The zero-order valence-corrected chi connectivity index (χ0v) is 19.9. The standard InChI is InChI=1S/C28H24ClN2S/c1-19(8-10-21-16-17-30(2)25-14-12-22(29)18-24(21)25)9-15-27-31(3)26-13-11-20-6-4-5-7-23(20)28(26)32-27/h4-18H,1-3H3/q+1. The highest BCUT2D eigenvalue weighted by Gasteiger charge is 2.23. The maximum Gasteiger partial charge on any atom is 0.212 e. The smallest absolute Gasteiger partial charge is 0.212 e. The molecule has 0 fully saturated rings. The van der Waals surface area contributed by atoms with Gasteiger partial charge in [-0.15, -0.1) is 0 Å². The van der Waals surface area contributed by atoms with Gasteiger partial charge >= 0.3 is 0 Å². The second-order valence-corrected chi connectivity index (χ2v) is 9.56. The van der Waals surface area contributed by atoms with E-state index in [2.05, 4.69) is 110 Å². The fraction of sp³-hybridized carbons (Fsp3) is 0.107. The lowest BCUT2D eigenvalue weighted by atomic mass is 10.1. The monoisotopic (exact) mass is 455 g/mol. The fourth-order valence-corrected chi connectivity index (χ4v) is 5.43. The largest absolute Gasteiger partial charge is 0.338 e. The Labute approximate surface area is 198 Å². The highest BCUT2D eigenvalue weighted by molar-refractivity contribution is 8.04. The molecule has 0 aliphatic carbocycles. The minimum absolute atomic E-state index is 0.753. The second-order valence-electron chi connectivity index (χ2n) is 8.09. The molecule has 0 saturated heterocycles. The third-order valence-electron chi connectivity index (χ3n) is 5.90. The normalized spacial score (nSPS) is 15.4. The number of anilines is 1. The van der Waals surface area contributed by atoms with E-state index in [1.54, 1.807) is 0 Å². The Hall–Kier alpha value is -3.01. The molecule has 4 aromatic rings. The van der Waals surface area contributed by atoms with Crippen LogP contribution in [-0.4, -0.2) is 7.05 Å².